The van der Waals surface area contributed by atoms with Crippen LogP contribution in [0.2, 0.25) is 0 Å². The van der Waals surface area contributed by atoms with Gasteiger partial charge in [0.2, 0.25) is 0 Å². The lowest BCUT2D eigenvalue weighted by Gasteiger charge is -2.14. The van der Waals surface area contributed by atoms with Gasteiger partial charge in [-0.3, -0.25) is 5.73 Å². The second-order valence-electron chi connectivity index (χ2n) is 3.37. The van der Waals surface area contributed by atoms with Crippen LogP contribution in [-0.2, 0) is 13.2 Å². The molecule has 1 aromatic rings. The van der Waals surface area contributed by atoms with E-state index in [9.17, 15) is 0 Å². The minimum absolute atomic E-state index is 0.0778. The van der Waals surface area contributed by atoms with Crippen LogP contribution in [0.3, 0.4) is 0 Å². The second-order valence-corrected chi connectivity index (χ2v) is 3.37. The van der Waals surface area contributed by atoms with Crippen LogP contribution < -0.4 is 10.5 Å². The van der Waals surface area contributed by atoms with Gasteiger partial charge in [-0.05, 0) is 29.7 Å². The molecule has 4 nitrogen and oxygen atoms in total. The lowest BCUT2D eigenvalue weighted by Crippen LogP contribution is -2.25. The van der Waals surface area contributed by atoms with Crippen molar-refractivity contribution in [3.63, 3.8) is 0 Å². The average molecular weight is 211 g/mol. The van der Waals surface area contributed by atoms with Gasteiger partial charge in [0.1, 0.15) is 12.0 Å². The maximum Gasteiger partial charge on any atom is 0.147 e. The maximum absolute atomic E-state index is 9.00. The first-order chi connectivity index (χ1) is 7.19. The zero-order valence-electron chi connectivity index (χ0n) is 8.81. The average Bonchev–Trinajstić information content (AvgIpc) is 2.28. The minimum atomic E-state index is -0.356. The lowest BCUT2D eigenvalue weighted by atomic mass is 10.1. The molecule has 0 fully saturated rings. The molecule has 0 heterocycles. The first kappa shape index (κ1) is 12.0. The smallest absolute Gasteiger partial charge is 0.147 e. The van der Waals surface area contributed by atoms with Gasteiger partial charge in [-0.15, -0.1) is 0 Å². The molecular weight excluding hydrogens is 194 g/mol. The second kappa shape index (κ2) is 5.70. The summed E-state index contributed by atoms with van der Waals surface area (Å²) < 4.78 is 5.40. The maximum atomic E-state index is 9.00. The Labute approximate surface area is 89.3 Å². The van der Waals surface area contributed by atoms with Gasteiger partial charge in [0, 0.05) is 0 Å². The molecule has 4 N–H and O–H groups in total. The summed E-state index contributed by atoms with van der Waals surface area (Å²) in [6.07, 6.45) is 0.350. The topological polar surface area (TPSA) is 75.7 Å². The minimum Gasteiger partial charge on any atom is -0.476 e. The van der Waals surface area contributed by atoms with E-state index in [0.29, 0.717) is 23.3 Å². The highest BCUT2D eigenvalue weighted by Gasteiger charge is 2.04. The molecule has 0 amide bonds. The molecule has 0 spiro atoms. The zero-order chi connectivity index (χ0) is 11.3. The summed E-state index contributed by atoms with van der Waals surface area (Å²) in [7, 11) is 0. The fourth-order valence-electron chi connectivity index (χ4n) is 1.24. The van der Waals surface area contributed by atoms with Crippen molar-refractivity contribution in [3.05, 3.63) is 29.3 Å². The van der Waals surface area contributed by atoms with Gasteiger partial charge in [0.15, 0.2) is 0 Å². The predicted molar refractivity (Wildman–Crippen MR) is 57.2 cm³/mol. The Kier molecular flexibility index (Phi) is 4.55. The van der Waals surface area contributed by atoms with Crippen molar-refractivity contribution in [2.24, 2.45) is 5.73 Å². The molecule has 15 heavy (non-hydrogen) atoms. The summed E-state index contributed by atoms with van der Waals surface area (Å²) in [5, 5.41) is 18.0. The van der Waals surface area contributed by atoms with Crippen molar-refractivity contribution >= 4 is 0 Å². The molecule has 0 saturated carbocycles. The number of nitrogens with two attached hydrogens (primary N) is 1. The zero-order valence-corrected chi connectivity index (χ0v) is 8.81. The molecule has 0 aliphatic carbocycles. The molecule has 0 aromatic heterocycles. The number of benzene rings is 1. The SMILES string of the molecule is CCC(N)Oc1cc(CO)cc(CO)c1. The lowest BCUT2D eigenvalue weighted by molar-refractivity contribution is 0.203. The number of rotatable bonds is 5. The van der Waals surface area contributed by atoms with Gasteiger partial charge in [0.05, 0.1) is 13.2 Å². The number of aliphatic hydroxyl groups excluding tert-OH is 2. The molecule has 1 unspecified atom stereocenters. The molecule has 1 atom stereocenters. The summed E-state index contributed by atoms with van der Waals surface area (Å²) in [6.45, 7) is 1.77. The Morgan fingerprint density at radius 1 is 1.20 bits per heavy atom. The monoisotopic (exact) mass is 211 g/mol. The fraction of sp³-hybridized carbons (Fsp3) is 0.455. The highest BCUT2D eigenvalue weighted by Crippen LogP contribution is 2.18. The van der Waals surface area contributed by atoms with Gasteiger partial charge >= 0.3 is 0 Å². The quantitative estimate of drug-likeness (QED) is 0.628. The third-order valence-corrected chi connectivity index (χ3v) is 2.08. The largest absolute Gasteiger partial charge is 0.476 e. The van der Waals surface area contributed by atoms with Crippen molar-refractivity contribution in [2.75, 3.05) is 0 Å². The number of aliphatic hydroxyl groups is 2. The summed E-state index contributed by atoms with van der Waals surface area (Å²) in [5.41, 5.74) is 7.06. The van der Waals surface area contributed by atoms with Crippen LogP contribution in [-0.4, -0.2) is 16.4 Å². The molecule has 1 aromatic carbocycles. The summed E-state index contributed by atoms with van der Waals surface area (Å²) in [6, 6.07) is 5.16. The standard InChI is InChI=1S/C11H17NO3/c1-2-11(12)15-10-4-8(6-13)3-9(5-10)7-14/h3-5,11,13-14H,2,6-7,12H2,1H3. The molecule has 1 rings (SSSR count). The van der Waals surface area contributed by atoms with Crippen molar-refractivity contribution in [1.29, 1.82) is 0 Å². The third-order valence-electron chi connectivity index (χ3n) is 2.08. The van der Waals surface area contributed by atoms with E-state index in [0.717, 1.165) is 0 Å². The molecular formula is C11H17NO3. The van der Waals surface area contributed by atoms with Crippen LogP contribution in [0.25, 0.3) is 0 Å². The summed E-state index contributed by atoms with van der Waals surface area (Å²) in [5.74, 6) is 0.583. The highest BCUT2D eigenvalue weighted by atomic mass is 16.5. The van der Waals surface area contributed by atoms with Crippen LogP contribution in [0, 0.1) is 0 Å². The molecule has 84 valence electrons. The molecule has 0 bridgehead atoms. The van der Waals surface area contributed by atoms with Crippen LogP contribution in [0.5, 0.6) is 5.75 Å². The van der Waals surface area contributed by atoms with Crippen molar-refractivity contribution < 1.29 is 14.9 Å². The van der Waals surface area contributed by atoms with E-state index in [1.807, 2.05) is 6.92 Å². The van der Waals surface area contributed by atoms with E-state index in [1.54, 1.807) is 18.2 Å². The Morgan fingerprint density at radius 3 is 2.13 bits per heavy atom. The van der Waals surface area contributed by atoms with Crippen LogP contribution >= 0.6 is 0 Å². The number of hydrogen-bond acceptors (Lipinski definition) is 4. The Balaban J connectivity index is 2.86. The first-order valence-corrected chi connectivity index (χ1v) is 4.96. The molecule has 0 aliphatic heterocycles. The van der Waals surface area contributed by atoms with Gasteiger partial charge in [-0.25, -0.2) is 0 Å². The van der Waals surface area contributed by atoms with Crippen LogP contribution in [0.4, 0.5) is 0 Å². The number of ether oxygens (including phenoxy) is 1. The molecule has 0 saturated heterocycles. The molecule has 0 aliphatic rings. The predicted octanol–water partition coefficient (Wildman–Crippen LogP) is 0.745. The van der Waals surface area contributed by atoms with E-state index >= 15 is 0 Å². The normalized spacial score (nSPS) is 12.5. The van der Waals surface area contributed by atoms with Crippen molar-refractivity contribution in [1.82, 2.24) is 0 Å². The van der Waals surface area contributed by atoms with E-state index in [-0.39, 0.29) is 19.4 Å². The van der Waals surface area contributed by atoms with Crippen LogP contribution in [0.15, 0.2) is 18.2 Å². The summed E-state index contributed by atoms with van der Waals surface area (Å²) >= 11 is 0. The van der Waals surface area contributed by atoms with Crippen molar-refractivity contribution in [2.45, 2.75) is 32.8 Å². The van der Waals surface area contributed by atoms with Gasteiger partial charge in [-0.2, -0.15) is 0 Å². The van der Waals surface area contributed by atoms with E-state index in [2.05, 4.69) is 0 Å². The van der Waals surface area contributed by atoms with Crippen LogP contribution in [0.1, 0.15) is 24.5 Å². The highest BCUT2D eigenvalue weighted by molar-refractivity contribution is 5.34. The van der Waals surface area contributed by atoms with Gasteiger partial charge in [0.25, 0.3) is 0 Å². The number of hydrogen-bond donors (Lipinski definition) is 3. The Bertz CT molecular complexity index is 292. The van der Waals surface area contributed by atoms with E-state index in [1.165, 1.54) is 0 Å². The van der Waals surface area contributed by atoms with Gasteiger partial charge < -0.3 is 14.9 Å². The Morgan fingerprint density at radius 2 is 1.73 bits per heavy atom. The van der Waals surface area contributed by atoms with E-state index < -0.39 is 0 Å². The Hall–Kier alpha value is -1.10. The molecule has 0 radical (unpaired) electrons. The summed E-state index contributed by atoms with van der Waals surface area (Å²) in [4.78, 5) is 0. The fourth-order valence-corrected chi connectivity index (χ4v) is 1.24. The van der Waals surface area contributed by atoms with Gasteiger partial charge in [-0.1, -0.05) is 13.0 Å². The van der Waals surface area contributed by atoms with E-state index in [4.69, 9.17) is 20.7 Å². The first-order valence-electron chi connectivity index (χ1n) is 4.96. The molecule has 4 heteroatoms. The third kappa shape index (κ3) is 3.51. The van der Waals surface area contributed by atoms with Crippen molar-refractivity contribution in [3.8, 4) is 5.75 Å².